The number of carbonyl (C=O) groups is 1. The maximum Gasteiger partial charge on any atom is 0.167 e. The maximum absolute atomic E-state index is 12.5. The predicted molar refractivity (Wildman–Crippen MR) is 79.2 cm³/mol. The van der Waals surface area contributed by atoms with E-state index >= 15 is 0 Å². The Morgan fingerprint density at radius 2 is 2.00 bits per heavy atom. The lowest BCUT2D eigenvalue weighted by Gasteiger charge is -2.31. The second kappa shape index (κ2) is 5.75. The van der Waals surface area contributed by atoms with Crippen LogP contribution in [0.15, 0.2) is 22.7 Å². The molecular weight excluding hydrogens is 312 g/mol. The monoisotopic (exact) mass is 328 g/mol. The summed E-state index contributed by atoms with van der Waals surface area (Å²) in [4.78, 5) is 12.5. The quantitative estimate of drug-likeness (QED) is 0.668. The van der Waals surface area contributed by atoms with Crippen molar-refractivity contribution in [2.24, 2.45) is 17.8 Å². The number of rotatable bonds is 2. The summed E-state index contributed by atoms with van der Waals surface area (Å²) in [5, 5.41) is 0.657. The molecule has 0 amide bonds. The van der Waals surface area contributed by atoms with Crippen LogP contribution in [0.5, 0.6) is 0 Å². The Bertz CT molecular complexity index is 458. The highest BCUT2D eigenvalue weighted by atomic mass is 79.9. The first-order chi connectivity index (χ1) is 8.49. The van der Waals surface area contributed by atoms with Gasteiger partial charge in [-0.25, -0.2) is 0 Å². The van der Waals surface area contributed by atoms with Gasteiger partial charge < -0.3 is 0 Å². The first kappa shape index (κ1) is 14.1. The van der Waals surface area contributed by atoms with Crippen LogP contribution >= 0.6 is 27.5 Å². The maximum atomic E-state index is 12.5. The van der Waals surface area contributed by atoms with Gasteiger partial charge >= 0.3 is 0 Å². The smallest absolute Gasteiger partial charge is 0.167 e. The van der Waals surface area contributed by atoms with Gasteiger partial charge in [0.05, 0.1) is 0 Å². The first-order valence-corrected chi connectivity index (χ1v) is 7.65. The van der Waals surface area contributed by atoms with Crippen LogP contribution in [0.25, 0.3) is 0 Å². The van der Waals surface area contributed by atoms with Gasteiger partial charge in [-0.1, -0.05) is 25.4 Å². The molecule has 1 nitrogen and oxygen atoms in total. The van der Waals surface area contributed by atoms with Gasteiger partial charge in [0.1, 0.15) is 0 Å². The molecule has 0 radical (unpaired) electrons. The highest BCUT2D eigenvalue weighted by Crippen LogP contribution is 2.36. The minimum absolute atomic E-state index is 0.175. The lowest BCUT2D eigenvalue weighted by Crippen LogP contribution is -2.26. The second-order valence-corrected chi connectivity index (χ2v) is 6.74. The van der Waals surface area contributed by atoms with Gasteiger partial charge in [-0.2, -0.15) is 0 Å². The molecule has 0 spiro atoms. The Morgan fingerprint density at radius 3 is 2.61 bits per heavy atom. The summed E-state index contributed by atoms with van der Waals surface area (Å²) < 4.78 is 0.811. The molecule has 0 aromatic heterocycles. The minimum Gasteiger partial charge on any atom is -0.294 e. The Kier molecular flexibility index (Phi) is 4.50. The molecule has 2 rings (SSSR count). The fourth-order valence-corrected chi connectivity index (χ4v) is 3.57. The molecule has 1 saturated carbocycles. The third kappa shape index (κ3) is 2.97. The fraction of sp³-hybridized carbons (Fsp3) is 0.533. The molecule has 1 aliphatic rings. The van der Waals surface area contributed by atoms with Crippen molar-refractivity contribution in [1.82, 2.24) is 0 Å². The van der Waals surface area contributed by atoms with E-state index in [0.29, 0.717) is 10.9 Å². The second-order valence-electron chi connectivity index (χ2n) is 5.45. The molecule has 1 aliphatic carbocycles. The summed E-state index contributed by atoms with van der Waals surface area (Å²) in [6.45, 7) is 4.53. The number of hydrogen-bond acceptors (Lipinski definition) is 1. The van der Waals surface area contributed by atoms with E-state index < -0.39 is 0 Å². The Morgan fingerprint density at radius 1 is 1.28 bits per heavy atom. The van der Waals surface area contributed by atoms with E-state index in [9.17, 15) is 4.79 Å². The summed E-state index contributed by atoms with van der Waals surface area (Å²) >= 11 is 9.34. The summed E-state index contributed by atoms with van der Waals surface area (Å²) in [6.07, 6.45) is 3.18. The highest BCUT2D eigenvalue weighted by molar-refractivity contribution is 9.10. The largest absolute Gasteiger partial charge is 0.294 e. The number of hydrogen-bond donors (Lipinski definition) is 0. The van der Waals surface area contributed by atoms with Crippen LogP contribution in [0.4, 0.5) is 0 Å². The van der Waals surface area contributed by atoms with Gasteiger partial charge in [-0.05, 0) is 65.2 Å². The number of Topliss-reactive ketones (excluding diaryl/α,β-unsaturated/α-hetero) is 1. The van der Waals surface area contributed by atoms with E-state index in [0.717, 1.165) is 35.2 Å². The zero-order chi connectivity index (χ0) is 13.3. The van der Waals surface area contributed by atoms with Crippen LogP contribution in [0.1, 0.15) is 43.5 Å². The minimum atomic E-state index is 0.175. The molecule has 1 fully saturated rings. The van der Waals surface area contributed by atoms with Crippen LogP contribution in [0, 0.1) is 17.8 Å². The van der Waals surface area contributed by atoms with Crippen LogP contribution in [0.3, 0.4) is 0 Å². The molecule has 1 aromatic carbocycles. The van der Waals surface area contributed by atoms with E-state index in [4.69, 9.17) is 11.6 Å². The molecule has 3 atom stereocenters. The highest BCUT2D eigenvalue weighted by Gasteiger charge is 2.30. The summed E-state index contributed by atoms with van der Waals surface area (Å²) in [5.74, 6) is 1.81. The Labute approximate surface area is 122 Å². The number of carbonyl (C=O) groups excluding carboxylic acids is 1. The van der Waals surface area contributed by atoms with Gasteiger partial charge in [-0.3, -0.25) is 4.79 Å². The molecule has 0 saturated heterocycles. The molecule has 0 bridgehead atoms. The van der Waals surface area contributed by atoms with E-state index in [2.05, 4.69) is 29.8 Å². The third-order valence-electron chi connectivity index (χ3n) is 4.17. The first-order valence-electron chi connectivity index (χ1n) is 6.48. The van der Waals surface area contributed by atoms with Crippen LogP contribution in [0.2, 0.25) is 5.02 Å². The predicted octanol–water partition coefficient (Wildman–Crippen LogP) is 5.36. The van der Waals surface area contributed by atoms with Crippen molar-refractivity contribution in [1.29, 1.82) is 0 Å². The molecular formula is C15H18BrClO. The molecule has 3 unspecified atom stereocenters. The average Bonchev–Trinajstić information content (AvgIpc) is 2.32. The van der Waals surface area contributed by atoms with E-state index in [1.54, 1.807) is 12.1 Å². The topological polar surface area (TPSA) is 17.1 Å². The molecule has 0 aliphatic heterocycles. The van der Waals surface area contributed by atoms with Crippen molar-refractivity contribution < 1.29 is 4.79 Å². The zero-order valence-electron chi connectivity index (χ0n) is 10.7. The van der Waals surface area contributed by atoms with Crippen LogP contribution in [-0.2, 0) is 0 Å². The van der Waals surface area contributed by atoms with Gasteiger partial charge in [0, 0.05) is 21.0 Å². The van der Waals surface area contributed by atoms with Gasteiger partial charge in [0.25, 0.3) is 0 Å². The molecule has 0 N–H and O–H groups in total. The molecule has 18 heavy (non-hydrogen) atoms. The van der Waals surface area contributed by atoms with Gasteiger partial charge in [0.2, 0.25) is 0 Å². The summed E-state index contributed by atoms with van der Waals surface area (Å²) in [7, 11) is 0. The van der Waals surface area contributed by atoms with Crippen molar-refractivity contribution in [3.63, 3.8) is 0 Å². The standard InChI is InChI=1S/C15H18BrClO/c1-9-3-4-11(7-10(9)2)15(18)13-6-5-12(17)8-14(13)16/h5-6,8-11H,3-4,7H2,1-2H3. The summed E-state index contributed by atoms with van der Waals surface area (Å²) in [5.41, 5.74) is 0.770. The number of halogens is 2. The molecule has 1 aromatic rings. The van der Waals surface area contributed by atoms with E-state index in [-0.39, 0.29) is 11.7 Å². The van der Waals surface area contributed by atoms with Crippen LogP contribution in [-0.4, -0.2) is 5.78 Å². The van der Waals surface area contributed by atoms with Crippen molar-refractivity contribution in [3.05, 3.63) is 33.3 Å². The zero-order valence-corrected chi connectivity index (χ0v) is 13.1. The van der Waals surface area contributed by atoms with E-state index in [1.807, 2.05) is 6.07 Å². The lowest BCUT2D eigenvalue weighted by molar-refractivity contribution is 0.0837. The molecule has 98 valence electrons. The van der Waals surface area contributed by atoms with Gasteiger partial charge in [0.15, 0.2) is 5.78 Å². The molecule has 3 heteroatoms. The van der Waals surface area contributed by atoms with Crippen molar-refractivity contribution in [2.45, 2.75) is 33.1 Å². The summed E-state index contributed by atoms with van der Waals surface area (Å²) in [6, 6.07) is 5.41. The Hall–Kier alpha value is -0.340. The van der Waals surface area contributed by atoms with Crippen molar-refractivity contribution in [2.75, 3.05) is 0 Å². The van der Waals surface area contributed by atoms with Crippen LogP contribution < -0.4 is 0 Å². The number of ketones is 1. The normalized spacial score (nSPS) is 28.1. The average molecular weight is 330 g/mol. The Balaban J connectivity index is 2.16. The van der Waals surface area contributed by atoms with Crippen molar-refractivity contribution in [3.8, 4) is 0 Å². The van der Waals surface area contributed by atoms with E-state index in [1.165, 1.54) is 0 Å². The van der Waals surface area contributed by atoms with Crippen molar-refractivity contribution >= 4 is 33.3 Å². The third-order valence-corrected chi connectivity index (χ3v) is 5.06. The number of benzene rings is 1. The fourth-order valence-electron chi connectivity index (χ4n) is 2.69. The van der Waals surface area contributed by atoms with Gasteiger partial charge in [-0.15, -0.1) is 0 Å². The lowest BCUT2D eigenvalue weighted by atomic mass is 9.73. The molecule has 0 heterocycles. The SMILES string of the molecule is CC1CCC(C(=O)c2ccc(Cl)cc2Br)CC1C.